The highest BCUT2D eigenvalue weighted by Crippen LogP contribution is 2.45. The molecule has 1 aliphatic heterocycles. The minimum Gasteiger partial charge on any atom is -0.378 e. The van der Waals surface area contributed by atoms with Crippen molar-refractivity contribution in [3.05, 3.63) is 89.0 Å². The summed E-state index contributed by atoms with van der Waals surface area (Å²) in [6, 6.07) is 23.5. The summed E-state index contributed by atoms with van der Waals surface area (Å²) in [5.74, 6) is 0.261. The number of unbranched alkanes of at least 4 members (excludes halogenated alkanes) is 1. The van der Waals surface area contributed by atoms with Crippen LogP contribution in [0, 0.1) is 0 Å². The molecular weight excluding hydrogens is 464 g/mol. The van der Waals surface area contributed by atoms with Crippen molar-refractivity contribution in [2.75, 3.05) is 38.6 Å². The first-order valence-corrected chi connectivity index (χ1v) is 13.1. The van der Waals surface area contributed by atoms with E-state index in [2.05, 4.69) is 90.6 Å². The number of anilines is 1. The van der Waals surface area contributed by atoms with Crippen LogP contribution in [0.25, 0.3) is 22.8 Å². The Hall–Kier alpha value is -2.88. The van der Waals surface area contributed by atoms with E-state index in [0.717, 1.165) is 24.9 Å². The van der Waals surface area contributed by atoms with Crippen molar-refractivity contribution in [3.63, 3.8) is 0 Å². The molecule has 3 aromatic carbocycles. The molecule has 1 aliphatic carbocycles. The van der Waals surface area contributed by atoms with Gasteiger partial charge in [-0.2, -0.15) is 0 Å². The number of likely N-dealkylation sites (tertiary alicyclic amines) is 1. The van der Waals surface area contributed by atoms with Gasteiger partial charge in [-0.25, -0.2) is 0 Å². The quantitative estimate of drug-likeness (QED) is 0.184. The van der Waals surface area contributed by atoms with Gasteiger partial charge < -0.3 is 9.80 Å². The molecule has 0 spiro atoms. The van der Waals surface area contributed by atoms with E-state index < -0.39 is 0 Å². The van der Waals surface area contributed by atoms with Gasteiger partial charge in [-0.05, 0) is 103 Å². The predicted molar refractivity (Wildman–Crippen MR) is 155 cm³/mol. The Morgan fingerprint density at radius 1 is 0.833 bits per heavy atom. The number of benzene rings is 3. The van der Waals surface area contributed by atoms with Crippen molar-refractivity contribution in [1.29, 1.82) is 0 Å². The average molecular weight is 501 g/mol. The molecule has 3 nitrogen and oxygen atoms in total. The maximum absolute atomic E-state index is 13.1. The van der Waals surface area contributed by atoms with Gasteiger partial charge in [0.25, 0.3) is 0 Å². The smallest absolute Gasteiger partial charge is 0.162 e. The van der Waals surface area contributed by atoms with E-state index in [1.54, 1.807) is 0 Å². The molecule has 0 amide bonds. The van der Waals surface area contributed by atoms with Gasteiger partial charge in [0.05, 0.1) is 0 Å². The van der Waals surface area contributed by atoms with Crippen LogP contribution in [0.2, 0.25) is 0 Å². The molecule has 1 saturated heterocycles. The van der Waals surface area contributed by atoms with Crippen LogP contribution in [0.1, 0.15) is 65.6 Å². The van der Waals surface area contributed by atoms with E-state index in [1.807, 2.05) is 6.07 Å². The number of nitrogens with zero attached hydrogens (tertiary/aromatic N) is 2. The van der Waals surface area contributed by atoms with Crippen molar-refractivity contribution in [2.24, 2.45) is 0 Å². The van der Waals surface area contributed by atoms with Gasteiger partial charge in [-0.3, -0.25) is 4.79 Å². The Labute approximate surface area is 222 Å². The lowest BCUT2D eigenvalue weighted by atomic mass is 9.96. The standard InChI is InChI=1S/C32H36N2O.ClH/c1-33(2)26-16-13-24(14-17-26)22-30-28-11-5-4-10-27(28)29-18-15-25(23-31(29)30)32(35)12-6-9-21-34-19-7-3-8-20-34;/h4-5,10-11,13-18,22-23H,3,6-9,12,19-21H2,1-2H3;1H. The van der Waals surface area contributed by atoms with Crippen molar-refractivity contribution in [2.45, 2.75) is 38.5 Å². The Bertz CT molecular complexity index is 1220. The number of carbonyl (C=O) groups excluding carboxylic acids is 1. The number of halogens is 1. The summed E-state index contributed by atoms with van der Waals surface area (Å²) >= 11 is 0. The second-order valence-electron chi connectivity index (χ2n) is 10.1. The average Bonchev–Trinajstić information content (AvgIpc) is 3.20. The third-order valence-electron chi connectivity index (χ3n) is 7.44. The van der Waals surface area contributed by atoms with Gasteiger partial charge in [0.2, 0.25) is 0 Å². The Kier molecular flexibility index (Phi) is 8.66. The maximum Gasteiger partial charge on any atom is 0.162 e. The number of ketones is 1. The minimum absolute atomic E-state index is 0. The van der Waals surface area contributed by atoms with E-state index in [9.17, 15) is 4.79 Å². The number of Topliss-reactive ketones (excluding diaryl/α,β-unsaturated/α-hetero) is 1. The van der Waals surface area contributed by atoms with Crippen LogP contribution in [0.15, 0.2) is 66.7 Å². The summed E-state index contributed by atoms with van der Waals surface area (Å²) < 4.78 is 0. The molecule has 4 heteroatoms. The number of piperidine rings is 1. The molecule has 2 aliphatic rings. The van der Waals surface area contributed by atoms with Crippen molar-refractivity contribution < 1.29 is 4.79 Å². The molecule has 0 bridgehead atoms. The van der Waals surface area contributed by atoms with Crippen LogP contribution < -0.4 is 4.90 Å². The largest absolute Gasteiger partial charge is 0.378 e. The Morgan fingerprint density at radius 3 is 2.25 bits per heavy atom. The number of carbonyl (C=O) groups is 1. The number of hydrogen-bond donors (Lipinski definition) is 0. The lowest BCUT2D eigenvalue weighted by Gasteiger charge is -2.26. The SMILES string of the molecule is CN(C)c1ccc(C=C2c3ccccc3-c3ccc(C(=O)CCCCN4CCCCC4)cc32)cc1.Cl. The lowest BCUT2D eigenvalue weighted by Crippen LogP contribution is -2.30. The summed E-state index contributed by atoms with van der Waals surface area (Å²) in [5, 5.41) is 0. The Balaban J connectivity index is 0.00000304. The minimum atomic E-state index is 0. The normalized spacial score (nSPS) is 15.8. The first-order valence-electron chi connectivity index (χ1n) is 13.1. The van der Waals surface area contributed by atoms with Gasteiger partial charge in [0.1, 0.15) is 0 Å². The summed E-state index contributed by atoms with van der Waals surface area (Å²) in [4.78, 5) is 17.8. The monoisotopic (exact) mass is 500 g/mol. The van der Waals surface area contributed by atoms with Gasteiger partial charge >= 0.3 is 0 Å². The third-order valence-corrected chi connectivity index (χ3v) is 7.44. The molecule has 36 heavy (non-hydrogen) atoms. The van der Waals surface area contributed by atoms with Crippen LogP contribution in [0.3, 0.4) is 0 Å². The first-order chi connectivity index (χ1) is 17.1. The molecule has 0 unspecified atom stereocenters. The maximum atomic E-state index is 13.1. The molecule has 3 aromatic rings. The van der Waals surface area contributed by atoms with E-state index in [0.29, 0.717) is 6.42 Å². The highest BCUT2D eigenvalue weighted by atomic mass is 35.5. The van der Waals surface area contributed by atoms with Crippen molar-refractivity contribution in [3.8, 4) is 11.1 Å². The zero-order chi connectivity index (χ0) is 24.2. The summed E-state index contributed by atoms with van der Waals surface area (Å²) in [5.41, 5.74) is 9.27. The molecule has 0 atom stereocenters. The summed E-state index contributed by atoms with van der Waals surface area (Å²) in [6.07, 6.45) is 8.98. The molecule has 188 valence electrons. The predicted octanol–water partition coefficient (Wildman–Crippen LogP) is 7.58. The highest BCUT2D eigenvalue weighted by molar-refractivity contribution is 6.08. The zero-order valence-corrected chi connectivity index (χ0v) is 22.3. The van der Waals surface area contributed by atoms with E-state index in [1.165, 1.54) is 71.4 Å². The second kappa shape index (κ2) is 11.9. The topological polar surface area (TPSA) is 23.6 Å². The van der Waals surface area contributed by atoms with Gasteiger partial charge in [-0.1, -0.05) is 55.0 Å². The molecule has 5 rings (SSSR count). The van der Waals surface area contributed by atoms with Crippen LogP contribution in [0.5, 0.6) is 0 Å². The number of fused-ring (bicyclic) bond motifs is 3. The number of rotatable bonds is 8. The van der Waals surface area contributed by atoms with Crippen LogP contribution in [-0.4, -0.2) is 44.4 Å². The first kappa shape index (κ1) is 26.2. The second-order valence-corrected chi connectivity index (χ2v) is 10.1. The fraction of sp³-hybridized carbons (Fsp3) is 0.344. The summed E-state index contributed by atoms with van der Waals surface area (Å²) in [6.45, 7) is 3.59. The molecule has 0 radical (unpaired) electrons. The molecule has 0 aromatic heterocycles. The summed E-state index contributed by atoms with van der Waals surface area (Å²) in [7, 11) is 4.12. The van der Waals surface area contributed by atoms with Crippen LogP contribution >= 0.6 is 12.4 Å². The van der Waals surface area contributed by atoms with Gasteiger partial charge in [-0.15, -0.1) is 12.4 Å². The fourth-order valence-electron chi connectivity index (χ4n) is 5.41. The number of hydrogen-bond acceptors (Lipinski definition) is 3. The van der Waals surface area contributed by atoms with Crippen LogP contribution in [-0.2, 0) is 0 Å². The third kappa shape index (κ3) is 5.74. The molecular formula is C32H37ClN2O. The molecule has 1 fully saturated rings. The van der Waals surface area contributed by atoms with Gasteiger partial charge in [0, 0.05) is 31.8 Å². The lowest BCUT2D eigenvalue weighted by molar-refractivity contribution is 0.0977. The van der Waals surface area contributed by atoms with Crippen molar-refractivity contribution in [1.82, 2.24) is 4.90 Å². The van der Waals surface area contributed by atoms with Crippen LogP contribution in [0.4, 0.5) is 5.69 Å². The van der Waals surface area contributed by atoms with E-state index in [4.69, 9.17) is 0 Å². The van der Waals surface area contributed by atoms with E-state index >= 15 is 0 Å². The zero-order valence-electron chi connectivity index (χ0n) is 21.5. The molecule has 0 saturated carbocycles. The Morgan fingerprint density at radius 2 is 1.53 bits per heavy atom. The fourth-order valence-corrected chi connectivity index (χ4v) is 5.41. The van der Waals surface area contributed by atoms with Gasteiger partial charge in [0.15, 0.2) is 5.78 Å². The van der Waals surface area contributed by atoms with Crippen molar-refractivity contribution >= 4 is 35.5 Å². The highest BCUT2D eigenvalue weighted by Gasteiger charge is 2.24. The molecule has 0 N–H and O–H groups in total. The molecule has 1 heterocycles. The van der Waals surface area contributed by atoms with E-state index in [-0.39, 0.29) is 18.2 Å².